The van der Waals surface area contributed by atoms with Gasteiger partial charge in [0.25, 0.3) is 16.1 Å². The lowest BCUT2D eigenvalue weighted by Gasteiger charge is -2.33. The van der Waals surface area contributed by atoms with Gasteiger partial charge >= 0.3 is 5.97 Å². The standard InChI is InChI=1S/C17H25N3O5S/c1-19(2)26(23,24)18-11-13-6-5-9-20(12-13)16(21)14-7-4-8-15(10-14)17(22)25-3/h4,7-8,10,13,18H,5-6,9,11-12H2,1-3H3/t13-/m0/s1. The molecule has 144 valence electrons. The number of methoxy groups -OCH3 is 1. The maximum atomic E-state index is 12.7. The number of piperidine rings is 1. The number of carbonyl (C=O) groups excluding carboxylic acids is 2. The number of hydrogen-bond acceptors (Lipinski definition) is 5. The molecule has 1 amide bonds. The predicted molar refractivity (Wildman–Crippen MR) is 97.0 cm³/mol. The molecule has 0 spiro atoms. The van der Waals surface area contributed by atoms with E-state index in [0.717, 1.165) is 17.1 Å². The monoisotopic (exact) mass is 383 g/mol. The van der Waals surface area contributed by atoms with Crippen LogP contribution in [0.25, 0.3) is 0 Å². The molecular weight excluding hydrogens is 358 g/mol. The summed E-state index contributed by atoms with van der Waals surface area (Å²) in [7, 11) is 0.747. The highest BCUT2D eigenvalue weighted by atomic mass is 32.2. The van der Waals surface area contributed by atoms with Gasteiger partial charge in [-0.2, -0.15) is 12.7 Å². The molecule has 2 rings (SSSR count). The van der Waals surface area contributed by atoms with Gasteiger partial charge in [-0.15, -0.1) is 0 Å². The lowest BCUT2D eigenvalue weighted by atomic mass is 9.97. The first-order chi connectivity index (χ1) is 12.2. The minimum absolute atomic E-state index is 0.0474. The predicted octanol–water partition coefficient (Wildman–Crippen LogP) is 0.721. The fraction of sp³-hybridized carbons (Fsp3) is 0.529. The Kier molecular flexibility index (Phi) is 6.74. The molecule has 0 saturated carbocycles. The average molecular weight is 383 g/mol. The zero-order valence-corrected chi connectivity index (χ0v) is 16.1. The van der Waals surface area contributed by atoms with Crippen molar-refractivity contribution < 1.29 is 22.7 Å². The molecular formula is C17H25N3O5S. The molecule has 8 nitrogen and oxygen atoms in total. The Balaban J connectivity index is 2.03. The highest BCUT2D eigenvalue weighted by molar-refractivity contribution is 7.87. The number of hydrogen-bond donors (Lipinski definition) is 1. The maximum Gasteiger partial charge on any atom is 0.337 e. The minimum Gasteiger partial charge on any atom is -0.465 e. The summed E-state index contributed by atoms with van der Waals surface area (Å²) in [4.78, 5) is 26.1. The van der Waals surface area contributed by atoms with Gasteiger partial charge in [0.2, 0.25) is 0 Å². The zero-order chi connectivity index (χ0) is 19.3. The number of amides is 1. The Labute approximate surface area is 154 Å². The van der Waals surface area contributed by atoms with E-state index < -0.39 is 16.2 Å². The van der Waals surface area contributed by atoms with E-state index in [1.807, 2.05) is 0 Å². The smallest absolute Gasteiger partial charge is 0.337 e. The minimum atomic E-state index is -3.48. The molecule has 0 radical (unpaired) electrons. The van der Waals surface area contributed by atoms with Crippen LogP contribution in [0.15, 0.2) is 24.3 Å². The number of ether oxygens (including phenoxy) is 1. The van der Waals surface area contributed by atoms with Gasteiger partial charge in [0, 0.05) is 39.3 Å². The second kappa shape index (κ2) is 8.61. The van der Waals surface area contributed by atoms with E-state index in [1.165, 1.54) is 27.3 Å². The number of carbonyl (C=O) groups is 2. The first kappa shape index (κ1) is 20.3. The molecule has 1 aliphatic rings. The van der Waals surface area contributed by atoms with E-state index in [4.69, 9.17) is 0 Å². The molecule has 1 heterocycles. The third kappa shape index (κ3) is 5.03. The third-order valence-corrected chi connectivity index (χ3v) is 5.86. The van der Waals surface area contributed by atoms with Crippen molar-refractivity contribution in [2.24, 2.45) is 5.92 Å². The molecule has 1 atom stereocenters. The molecule has 1 saturated heterocycles. The van der Waals surface area contributed by atoms with Crippen LogP contribution in [0.2, 0.25) is 0 Å². The molecule has 0 bridgehead atoms. The molecule has 26 heavy (non-hydrogen) atoms. The van der Waals surface area contributed by atoms with Gasteiger partial charge in [-0.1, -0.05) is 6.07 Å². The Morgan fingerprint density at radius 3 is 2.65 bits per heavy atom. The first-order valence-electron chi connectivity index (χ1n) is 8.39. The van der Waals surface area contributed by atoms with E-state index in [9.17, 15) is 18.0 Å². The number of rotatable bonds is 6. The van der Waals surface area contributed by atoms with E-state index in [1.54, 1.807) is 23.1 Å². The Morgan fingerprint density at radius 1 is 1.31 bits per heavy atom. The molecule has 9 heteroatoms. The molecule has 0 aromatic heterocycles. The van der Waals surface area contributed by atoms with Crippen molar-refractivity contribution in [3.63, 3.8) is 0 Å². The van der Waals surface area contributed by atoms with Crippen molar-refractivity contribution in [1.29, 1.82) is 0 Å². The highest BCUT2D eigenvalue weighted by Gasteiger charge is 2.26. The van der Waals surface area contributed by atoms with Gasteiger partial charge in [-0.05, 0) is 37.0 Å². The van der Waals surface area contributed by atoms with Crippen LogP contribution in [0.4, 0.5) is 0 Å². The summed E-state index contributed by atoms with van der Waals surface area (Å²) in [6.45, 7) is 1.36. The highest BCUT2D eigenvalue weighted by Crippen LogP contribution is 2.19. The van der Waals surface area contributed by atoms with E-state index >= 15 is 0 Å². The van der Waals surface area contributed by atoms with Gasteiger partial charge < -0.3 is 9.64 Å². The lowest BCUT2D eigenvalue weighted by Crippen LogP contribution is -2.45. The van der Waals surface area contributed by atoms with Crippen LogP contribution < -0.4 is 4.72 Å². The van der Waals surface area contributed by atoms with Crippen molar-refractivity contribution in [2.45, 2.75) is 12.8 Å². The van der Waals surface area contributed by atoms with E-state index in [0.29, 0.717) is 24.2 Å². The quantitative estimate of drug-likeness (QED) is 0.731. The van der Waals surface area contributed by atoms with Crippen LogP contribution in [0, 0.1) is 5.92 Å². The summed E-state index contributed by atoms with van der Waals surface area (Å²) in [6, 6.07) is 6.42. The Morgan fingerprint density at radius 2 is 2.00 bits per heavy atom. The number of likely N-dealkylation sites (tertiary alicyclic amines) is 1. The zero-order valence-electron chi connectivity index (χ0n) is 15.3. The number of nitrogens with one attached hydrogen (secondary N) is 1. The first-order valence-corrected chi connectivity index (χ1v) is 9.83. The number of esters is 1. The number of nitrogens with zero attached hydrogens (tertiary/aromatic N) is 2. The SMILES string of the molecule is COC(=O)c1cccc(C(=O)N2CCC[C@@H](CNS(=O)(=O)N(C)C)C2)c1. The van der Waals surface area contributed by atoms with Crippen LogP contribution >= 0.6 is 0 Å². The summed E-state index contributed by atoms with van der Waals surface area (Å²) in [5, 5.41) is 0. The lowest BCUT2D eigenvalue weighted by molar-refractivity contribution is 0.0600. The fourth-order valence-electron chi connectivity index (χ4n) is 2.85. The topological polar surface area (TPSA) is 96.0 Å². The van der Waals surface area contributed by atoms with E-state index in [-0.39, 0.29) is 18.4 Å². The van der Waals surface area contributed by atoms with Crippen LogP contribution in [0.1, 0.15) is 33.6 Å². The van der Waals surface area contributed by atoms with Gasteiger partial charge in [0.05, 0.1) is 12.7 Å². The van der Waals surface area contributed by atoms with Crippen LogP contribution in [0.5, 0.6) is 0 Å². The van der Waals surface area contributed by atoms with Gasteiger partial charge in [0.1, 0.15) is 0 Å². The summed E-state index contributed by atoms with van der Waals surface area (Å²) in [5.74, 6) is -0.614. The van der Waals surface area contributed by atoms with Crippen molar-refractivity contribution >= 4 is 22.1 Å². The Hall–Kier alpha value is -1.97. The molecule has 1 aromatic carbocycles. The summed E-state index contributed by atoms with van der Waals surface area (Å²) in [6.07, 6.45) is 1.65. The van der Waals surface area contributed by atoms with Gasteiger partial charge in [-0.25, -0.2) is 9.52 Å². The molecule has 1 aromatic rings. The van der Waals surface area contributed by atoms with E-state index in [2.05, 4.69) is 9.46 Å². The second-order valence-corrected chi connectivity index (χ2v) is 8.44. The summed E-state index contributed by atoms with van der Waals surface area (Å²) in [5.41, 5.74) is 0.744. The average Bonchev–Trinajstić information content (AvgIpc) is 2.65. The maximum absolute atomic E-state index is 12.7. The van der Waals surface area contributed by atoms with Crippen molar-refractivity contribution in [2.75, 3.05) is 40.8 Å². The fourth-order valence-corrected chi connectivity index (χ4v) is 3.55. The molecule has 1 aliphatic heterocycles. The second-order valence-electron chi connectivity index (χ2n) is 6.47. The molecule has 1 N–H and O–H groups in total. The van der Waals surface area contributed by atoms with Crippen molar-refractivity contribution in [3.05, 3.63) is 35.4 Å². The van der Waals surface area contributed by atoms with Crippen LogP contribution in [0.3, 0.4) is 0 Å². The largest absolute Gasteiger partial charge is 0.465 e. The van der Waals surface area contributed by atoms with Crippen molar-refractivity contribution in [1.82, 2.24) is 13.9 Å². The molecule has 1 fully saturated rings. The molecule has 0 aliphatic carbocycles. The number of benzene rings is 1. The van der Waals surface area contributed by atoms with Crippen LogP contribution in [-0.2, 0) is 14.9 Å². The summed E-state index contributed by atoms with van der Waals surface area (Å²) < 4.78 is 32.0. The van der Waals surface area contributed by atoms with Crippen molar-refractivity contribution in [3.8, 4) is 0 Å². The normalized spacial score (nSPS) is 18.0. The van der Waals surface area contributed by atoms with Gasteiger partial charge in [0.15, 0.2) is 0 Å². The Bertz CT molecular complexity index is 763. The summed E-state index contributed by atoms with van der Waals surface area (Å²) >= 11 is 0. The molecule has 0 unspecified atom stereocenters. The third-order valence-electron chi connectivity index (χ3n) is 4.37. The van der Waals surface area contributed by atoms with Gasteiger partial charge in [-0.3, -0.25) is 4.79 Å². The van der Waals surface area contributed by atoms with Crippen LogP contribution in [-0.4, -0.2) is 70.3 Å².